The van der Waals surface area contributed by atoms with E-state index in [0.29, 0.717) is 5.13 Å². The maximum absolute atomic E-state index is 12.0. The predicted octanol–water partition coefficient (Wildman–Crippen LogP) is 3.20. The van der Waals surface area contributed by atoms with E-state index in [9.17, 15) is 4.79 Å². The predicted molar refractivity (Wildman–Crippen MR) is 79.7 cm³/mol. The highest BCUT2D eigenvalue weighted by atomic mass is 32.1. The smallest absolute Gasteiger partial charge is 0.248 e. The van der Waals surface area contributed by atoms with Crippen LogP contribution in [0.15, 0.2) is 29.8 Å². The van der Waals surface area contributed by atoms with Gasteiger partial charge in [0.2, 0.25) is 5.91 Å². The molecule has 100 valence electrons. The van der Waals surface area contributed by atoms with Gasteiger partial charge < -0.3 is 10.6 Å². The Morgan fingerprint density at radius 1 is 1.26 bits per heavy atom. The zero-order chi connectivity index (χ0) is 13.8. The van der Waals surface area contributed by atoms with Gasteiger partial charge in [-0.15, -0.1) is 11.3 Å². The standard InChI is InChI=1S/C14H17N3OS/c1-9-6-10(2)8-12(7-9)16-11(3)13(18)17-14-15-4-5-19-14/h4-8,11,16H,1-3H3,(H,15,17,18)/t11-/m0/s1. The van der Waals surface area contributed by atoms with Gasteiger partial charge in [-0.25, -0.2) is 4.98 Å². The van der Waals surface area contributed by atoms with Crippen LogP contribution in [0.5, 0.6) is 0 Å². The van der Waals surface area contributed by atoms with E-state index in [-0.39, 0.29) is 11.9 Å². The fourth-order valence-electron chi connectivity index (χ4n) is 1.87. The highest BCUT2D eigenvalue weighted by molar-refractivity contribution is 7.13. The van der Waals surface area contributed by atoms with Gasteiger partial charge in [0.15, 0.2) is 5.13 Å². The van der Waals surface area contributed by atoms with Crippen LogP contribution in [0.1, 0.15) is 18.1 Å². The van der Waals surface area contributed by atoms with Gasteiger partial charge in [-0.3, -0.25) is 4.79 Å². The minimum absolute atomic E-state index is 0.0888. The number of hydrogen-bond acceptors (Lipinski definition) is 4. The first-order valence-electron chi connectivity index (χ1n) is 6.10. The van der Waals surface area contributed by atoms with Crippen LogP contribution in [0.2, 0.25) is 0 Å². The number of carbonyl (C=O) groups is 1. The van der Waals surface area contributed by atoms with Crippen molar-refractivity contribution in [3.8, 4) is 0 Å². The molecular weight excluding hydrogens is 258 g/mol. The van der Waals surface area contributed by atoms with E-state index in [1.54, 1.807) is 6.20 Å². The van der Waals surface area contributed by atoms with E-state index < -0.39 is 0 Å². The Hall–Kier alpha value is -1.88. The molecule has 1 heterocycles. The van der Waals surface area contributed by atoms with E-state index >= 15 is 0 Å². The van der Waals surface area contributed by atoms with Crippen LogP contribution in [0.25, 0.3) is 0 Å². The molecule has 0 radical (unpaired) electrons. The molecule has 0 unspecified atom stereocenters. The maximum atomic E-state index is 12.0. The molecule has 4 nitrogen and oxygen atoms in total. The summed E-state index contributed by atoms with van der Waals surface area (Å²) in [5, 5.41) is 8.43. The van der Waals surface area contributed by atoms with E-state index in [4.69, 9.17) is 0 Å². The molecule has 5 heteroatoms. The number of nitrogens with zero attached hydrogens (tertiary/aromatic N) is 1. The highest BCUT2D eigenvalue weighted by Crippen LogP contribution is 2.16. The van der Waals surface area contributed by atoms with Crippen LogP contribution >= 0.6 is 11.3 Å². The molecule has 0 aliphatic heterocycles. The van der Waals surface area contributed by atoms with Gasteiger partial charge in [-0.05, 0) is 44.0 Å². The topological polar surface area (TPSA) is 54.0 Å². The Morgan fingerprint density at radius 2 is 1.95 bits per heavy atom. The quantitative estimate of drug-likeness (QED) is 0.901. The third-order valence-corrected chi connectivity index (χ3v) is 3.35. The second kappa shape index (κ2) is 5.84. The first kappa shape index (κ1) is 13.5. The van der Waals surface area contributed by atoms with Gasteiger partial charge >= 0.3 is 0 Å². The van der Waals surface area contributed by atoms with Gasteiger partial charge in [-0.1, -0.05) is 6.07 Å². The van der Waals surface area contributed by atoms with Crippen molar-refractivity contribution >= 4 is 28.1 Å². The Bertz CT molecular complexity index is 546. The normalized spacial score (nSPS) is 11.9. The maximum Gasteiger partial charge on any atom is 0.248 e. The molecule has 1 aromatic heterocycles. The Kier molecular flexibility index (Phi) is 4.16. The van der Waals surface area contributed by atoms with E-state index in [1.165, 1.54) is 22.5 Å². The molecule has 2 aromatic rings. The molecule has 1 amide bonds. The number of amides is 1. The second-order valence-electron chi connectivity index (χ2n) is 4.57. The van der Waals surface area contributed by atoms with Crippen molar-refractivity contribution in [3.63, 3.8) is 0 Å². The first-order chi connectivity index (χ1) is 9.04. The zero-order valence-corrected chi connectivity index (χ0v) is 12.0. The summed E-state index contributed by atoms with van der Waals surface area (Å²) in [5.74, 6) is -0.0888. The minimum atomic E-state index is -0.315. The second-order valence-corrected chi connectivity index (χ2v) is 5.46. The molecule has 1 atom stereocenters. The number of aromatic nitrogens is 1. The van der Waals surface area contributed by atoms with Gasteiger partial charge in [0.1, 0.15) is 6.04 Å². The summed E-state index contributed by atoms with van der Waals surface area (Å²) in [5.41, 5.74) is 3.31. The number of thiazole rings is 1. The van der Waals surface area contributed by atoms with Crippen LogP contribution in [-0.2, 0) is 4.79 Å². The van der Waals surface area contributed by atoms with Gasteiger partial charge in [0, 0.05) is 17.3 Å². The Morgan fingerprint density at radius 3 is 2.53 bits per heavy atom. The summed E-state index contributed by atoms with van der Waals surface area (Å²) in [6, 6.07) is 5.84. The van der Waals surface area contributed by atoms with Crippen molar-refractivity contribution in [2.75, 3.05) is 10.6 Å². The van der Waals surface area contributed by atoms with Crippen molar-refractivity contribution in [1.82, 2.24) is 4.98 Å². The molecule has 0 aliphatic carbocycles. The van der Waals surface area contributed by atoms with Crippen molar-refractivity contribution in [1.29, 1.82) is 0 Å². The Labute approximate surface area is 116 Å². The summed E-state index contributed by atoms with van der Waals surface area (Å²) in [6.45, 7) is 5.91. The third kappa shape index (κ3) is 3.79. The summed E-state index contributed by atoms with van der Waals surface area (Å²) >= 11 is 1.41. The lowest BCUT2D eigenvalue weighted by Gasteiger charge is -2.15. The SMILES string of the molecule is Cc1cc(C)cc(N[C@@H](C)C(=O)Nc2nccs2)c1. The van der Waals surface area contributed by atoms with Crippen molar-refractivity contribution in [2.45, 2.75) is 26.8 Å². The molecule has 2 rings (SSSR count). The van der Waals surface area contributed by atoms with Crippen LogP contribution in [-0.4, -0.2) is 16.9 Å². The molecule has 19 heavy (non-hydrogen) atoms. The lowest BCUT2D eigenvalue weighted by atomic mass is 10.1. The summed E-state index contributed by atoms with van der Waals surface area (Å²) < 4.78 is 0. The highest BCUT2D eigenvalue weighted by Gasteiger charge is 2.13. The van der Waals surface area contributed by atoms with E-state index in [0.717, 1.165) is 5.69 Å². The van der Waals surface area contributed by atoms with E-state index in [1.807, 2.05) is 38.3 Å². The van der Waals surface area contributed by atoms with Gasteiger partial charge in [0.25, 0.3) is 0 Å². The van der Waals surface area contributed by atoms with Gasteiger partial charge in [0.05, 0.1) is 0 Å². The summed E-state index contributed by atoms with van der Waals surface area (Å²) in [7, 11) is 0. The largest absolute Gasteiger partial charge is 0.374 e. The van der Waals surface area contributed by atoms with Crippen LogP contribution < -0.4 is 10.6 Å². The van der Waals surface area contributed by atoms with Crippen molar-refractivity contribution in [3.05, 3.63) is 40.9 Å². The number of benzene rings is 1. The molecular formula is C14H17N3OS. The molecule has 0 fully saturated rings. The number of hydrogen-bond donors (Lipinski definition) is 2. The monoisotopic (exact) mass is 275 g/mol. The average Bonchev–Trinajstić information content (AvgIpc) is 2.80. The van der Waals surface area contributed by atoms with E-state index in [2.05, 4.69) is 21.7 Å². The number of rotatable bonds is 4. The molecule has 0 saturated carbocycles. The first-order valence-corrected chi connectivity index (χ1v) is 6.98. The Balaban J connectivity index is 2.00. The number of aryl methyl sites for hydroxylation is 2. The zero-order valence-electron chi connectivity index (χ0n) is 11.2. The minimum Gasteiger partial charge on any atom is -0.374 e. The number of anilines is 2. The molecule has 2 N–H and O–H groups in total. The molecule has 1 aromatic carbocycles. The summed E-state index contributed by atoms with van der Waals surface area (Å²) in [6.07, 6.45) is 1.67. The lowest BCUT2D eigenvalue weighted by Crippen LogP contribution is -2.31. The third-order valence-electron chi connectivity index (χ3n) is 2.66. The van der Waals surface area contributed by atoms with Crippen molar-refractivity contribution in [2.24, 2.45) is 0 Å². The molecule has 0 bridgehead atoms. The van der Waals surface area contributed by atoms with Crippen LogP contribution in [0, 0.1) is 13.8 Å². The average molecular weight is 275 g/mol. The van der Waals surface area contributed by atoms with Crippen molar-refractivity contribution < 1.29 is 4.79 Å². The fourth-order valence-corrected chi connectivity index (χ4v) is 2.40. The lowest BCUT2D eigenvalue weighted by molar-refractivity contribution is -0.116. The number of nitrogens with one attached hydrogen (secondary N) is 2. The van der Waals surface area contributed by atoms with Crippen LogP contribution in [0.3, 0.4) is 0 Å². The summed E-state index contributed by atoms with van der Waals surface area (Å²) in [4.78, 5) is 16.0. The molecule has 0 saturated heterocycles. The van der Waals surface area contributed by atoms with Crippen LogP contribution in [0.4, 0.5) is 10.8 Å². The molecule has 0 spiro atoms. The van der Waals surface area contributed by atoms with Gasteiger partial charge in [-0.2, -0.15) is 0 Å². The fraction of sp³-hybridized carbons (Fsp3) is 0.286. The number of carbonyl (C=O) groups excluding carboxylic acids is 1. The molecule has 0 aliphatic rings.